The van der Waals surface area contributed by atoms with Crippen LogP contribution in [0.2, 0.25) is 0 Å². The minimum atomic E-state index is -0.186. The van der Waals surface area contributed by atoms with E-state index in [9.17, 15) is 9.59 Å². The van der Waals surface area contributed by atoms with Crippen LogP contribution in [0.1, 0.15) is 32.7 Å². The fourth-order valence-electron chi connectivity index (χ4n) is 2.93. The van der Waals surface area contributed by atoms with E-state index >= 15 is 0 Å². The lowest BCUT2D eigenvalue weighted by Crippen LogP contribution is -2.24. The Morgan fingerprint density at radius 2 is 1.76 bits per heavy atom. The van der Waals surface area contributed by atoms with E-state index in [1.165, 1.54) is 4.90 Å². The Balaban J connectivity index is 0.00000225. The number of carbonyl (C=O) groups is 2. The first-order valence-corrected chi connectivity index (χ1v) is 8.05. The van der Waals surface area contributed by atoms with Crippen LogP contribution in [0, 0.1) is 0 Å². The molecule has 1 aliphatic heterocycles. The van der Waals surface area contributed by atoms with E-state index in [4.69, 9.17) is 0 Å². The Labute approximate surface area is 153 Å². The Morgan fingerprint density at radius 1 is 1.04 bits per heavy atom. The zero-order chi connectivity index (χ0) is 17.1. The maximum atomic E-state index is 12.8. The maximum absolute atomic E-state index is 12.8. The van der Waals surface area contributed by atoms with Crippen molar-refractivity contribution in [2.24, 2.45) is 0 Å². The number of benzene rings is 2. The van der Waals surface area contributed by atoms with Gasteiger partial charge in [0.2, 0.25) is 0 Å². The number of nitrogens with zero attached hydrogens (tertiary/aromatic N) is 1. The number of nitrogens with one attached hydrogen (secondary N) is 2. The highest BCUT2D eigenvalue weighted by atomic mass is 35.5. The summed E-state index contributed by atoms with van der Waals surface area (Å²) in [4.78, 5) is 26.5. The zero-order valence-corrected chi connectivity index (χ0v) is 15.2. The minimum Gasteiger partial charge on any atom is -0.385 e. The molecule has 0 bridgehead atoms. The van der Waals surface area contributed by atoms with Crippen LogP contribution in [0.25, 0.3) is 0 Å². The summed E-state index contributed by atoms with van der Waals surface area (Å²) in [5.41, 5.74) is 3.73. The van der Waals surface area contributed by atoms with E-state index in [0.717, 1.165) is 30.6 Å². The van der Waals surface area contributed by atoms with E-state index in [1.807, 2.05) is 24.3 Å². The van der Waals surface area contributed by atoms with Crippen LogP contribution < -0.4 is 10.6 Å². The van der Waals surface area contributed by atoms with Gasteiger partial charge in [-0.1, -0.05) is 18.2 Å². The summed E-state index contributed by atoms with van der Waals surface area (Å²) in [6.45, 7) is 0.929. The third kappa shape index (κ3) is 3.94. The molecule has 0 aromatic heterocycles. The summed E-state index contributed by atoms with van der Waals surface area (Å²) in [6, 6.07) is 12.8. The molecule has 6 heteroatoms. The first-order valence-electron chi connectivity index (χ1n) is 8.05. The molecule has 0 saturated heterocycles. The second-order valence-corrected chi connectivity index (χ2v) is 6.06. The molecular weight excluding hydrogens is 338 g/mol. The van der Waals surface area contributed by atoms with Crippen molar-refractivity contribution >= 4 is 35.6 Å². The fourth-order valence-corrected chi connectivity index (χ4v) is 2.93. The average molecular weight is 360 g/mol. The summed E-state index contributed by atoms with van der Waals surface area (Å²) in [7, 11) is 3.39. The molecule has 0 fully saturated rings. The first kappa shape index (κ1) is 18.8. The van der Waals surface area contributed by atoms with Gasteiger partial charge in [0, 0.05) is 31.9 Å². The molecule has 0 saturated carbocycles. The maximum Gasteiger partial charge on any atom is 0.256 e. The number of para-hydroxylation sites is 1. The summed E-state index contributed by atoms with van der Waals surface area (Å²) in [6.07, 6.45) is 1.89. The normalized spacial score (nSPS) is 12.2. The van der Waals surface area contributed by atoms with Gasteiger partial charge < -0.3 is 15.5 Å². The van der Waals surface area contributed by atoms with Crippen molar-refractivity contribution in [3.63, 3.8) is 0 Å². The van der Waals surface area contributed by atoms with Crippen molar-refractivity contribution in [3.8, 4) is 0 Å². The third-order valence-corrected chi connectivity index (χ3v) is 4.15. The lowest BCUT2D eigenvalue weighted by atomic mass is 9.97. The smallest absolute Gasteiger partial charge is 0.256 e. The van der Waals surface area contributed by atoms with Gasteiger partial charge in [-0.2, -0.15) is 0 Å². The molecule has 132 valence electrons. The molecule has 2 aromatic rings. The summed E-state index contributed by atoms with van der Waals surface area (Å²) < 4.78 is 0. The van der Waals surface area contributed by atoms with Crippen molar-refractivity contribution in [3.05, 3.63) is 59.2 Å². The molecule has 0 aliphatic carbocycles. The van der Waals surface area contributed by atoms with Gasteiger partial charge in [0.15, 0.2) is 0 Å². The van der Waals surface area contributed by atoms with Gasteiger partial charge >= 0.3 is 0 Å². The van der Waals surface area contributed by atoms with E-state index < -0.39 is 0 Å². The van der Waals surface area contributed by atoms with E-state index in [2.05, 4.69) is 10.6 Å². The summed E-state index contributed by atoms with van der Waals surface area (Å²) in [5, 5.41) is 6.22. The molecule has 0 spiro atoms. The highest BCUT2D eigenvalue weighted by Crippen LogP contribution is 2.26. The minimum absolute atomic E-state index is 0. The molecule has 2 aromatic carbocycles. The van der Waals surface area contributed by atoms with Crippen LogP contribution in [0.4, 0.5) is 11.4 Å². The second-order valence-electron chi connectivity index (χ2n) is 6.06. The van der Waals surface area contributed by atoms with Gasteiger partial charge in [0.1, 0.15) is 0 Å². The van der Waals surface area contributed by atoms with Crippen molar-refractivity contribution in [1.29, 1.82) is 0 Å². The van der Waals surface area contributed by atoms with Crippen molar-refractivity contribution < 1.29 is 9.59 Å². The molecule has 0 atom stereocenters. The van der Waals surface area contributed by atoms with E-state index in [1.54, 1.807) is 32.3 Å². The lowest BCUT2D eigenvalue weighted by molar-refractivity contribution is 0.0828. The molecule has 0 unspecified atom stereocenters. The topological polar surface area (TPSA) is 61.4 Å². The Morgan fingerprint density at radius 3 is 2.52 bits per heavy atom. The number of anilines is 2. The number of fused-ring (bicyclic) bond motifs is 1. The molecule has 0 radical (unpaired) electrons. The molecule has 3 rings (SSSR count). The quantitative estimate of drug-likeness (QED) is 0.882. The monoisotopic (exact) mass is 359 g/mol. The predicted molar refractivity (Wildman–Crippen MR) is 103 cm³/mol. The third-order valence-electron chi connectivity index (χ3n) is 4.15. The van der Waals surface area contributed by atoms with Gasteiger partial charge in [0.25, 0.3) is 11.8 Å². The lowest BCUT2D eigenvalue weighted by Gasteiger charge is -2.21. The summed E-state index contributed by atoms with van der Waals surface area (Å²) in [5.74, 6) is -0.322. The van der Waals surface area contributed by atoms with Crippen LogP contribution in [-0.2, 0) is 6.42 Å². The van der Waals surface area contributed by atoms with Crippen molar-refractivity contribution in [2.45, 2.75) is 12.8 Å². The largest absolute Gasteiger partial charge is 0.385 e. The Kier molecular flexibility index (Phi) is 6.04. The highest BCUT2D eigenvalue weighted by Gasteiger charge is 2.19. The molecular formula is C19H22ClN3O2. The fraction of sp³-hybridized carbons (Fsp3) is 0.263. The van der Waals surface area contributed by atoms with Crippen LogP contribution in [0.5, 0.6) is 0 Å². The van der Waals surface area contributed by atoms with Crippen LogP contribution >= 0.6 is 12.4 Å². The van der Waals surface area contributed by atoms with Crippen LogP contribution in [0.15, 0.2) is 42.5 Å². The molecule has 2 N–H and O–H groups in total. The van der Waals surface area contributed by atoms with Gasteiger partial charge in [-0.05, 0) is 42.7 Å². The number of amides is 2. The number of rotatable bonds is 3. The number of hydrogen-bond donors (Lipinski definition) is 2. The molecule has 1 aliphatic rings. The van der Waals surface area contributed by atoms with Crippen molar-refractivity contribution in [2.75, 3.05) is 31.3 Å². The van der Waals surface area contributed by atoms with Crippen LogP contribution in [0.3, 0.4) is 0 Å². The molecule has 2 amide bonds. The average Bonchev–Trinajstić information content (AvgIpc) is 2.61. The predicted octanol–water partition coefficient (Wildman–Crippen LogP) is 3.42. The molecule has 25 heavy (non-hydrogen) atoms. The Bertz CT molecular complexity index is 790. The van der Waals surface area contributed by atoms with Crippen LogP contribution in [-0.4, -0.2) is 37.4 Å². The zero-order valence-electron chi connectivity index (χ0n) is 14.3. The van der Waals surface area contributed by atoms with E-state index in [0.29, 0.717) is 16.8 Å². The molecule has 5 nitrogen and oxygen atoms in total. The van der Waals surface area contributed by atoms with Gasteiger partial charge in [-0.15, -0.1) is 12.4 Å². The van der Waals surface area contributed by atoms with E-state index in [-0.39, 0.29) is 24.2 Å². The first-order chi connectivity index (χ1) is 11.6. The van der Waals surface area contributed by atoms with Gasteiger partial charge in [-0.3, -0.25) is 9.59 Å². The summed E-state index contributed by atoms with van der Waals surface area (Å²) >= 11 is 0. The van der Waals surface area contributed by atoms with Gasteiger partial charge in [-0.25, -0.2) is 0 Å². The SMILES string of the molecule is CN(C)C(=O)c1ccccc1NC(=O)c1cccc2c1CCCN2.Cl. The van der Waals surface area contributed by atoms with Crippen molar-refractivity contribution in [1.82, 2.24) is 4.90 Å². The number of halogens is 1. The number of carbonyl (C=O) groups excluding carboxylic acids is 2. The highest BCUT2D eigenvalue weighted by molar-refractivity contribution is 6.10. The Hall–Kier alpha value is -2.53. The second kappa shape index (κ2) is 8.03. The number of hydrogen-bond acceptors (Lipinski definition) is 3. The van der Waals surface area contributed by atoms with Gasteiger partial charge in [0.05, 0.1) is 11.3 Å². The molecule has 1 heterocycles. The standard InChI is InChI=1S/C19H21N3O2.ClH/c1-22(2)19(24)15-7-3-4-10-17(15)21-18(23)14-8-5-11-16-13(14)9-6-12-20-16;/h3-5,7-8,10-11,20H,6,9,12H2,1-2H3,(H,21,23);1H.